The van der Waals surface area contributed by atoms with Crippen LogP contribution in [0.2, 0.25) is 5.15 Å². The SMILES string of the molecule is C[C@H](NC(=O)c1cnn(C)c1Cl)c1ccc(OC2CCN(c3ccnc(OCC(F)F)c3)C2)cc1. The van der Waals surface area contributed by atoms with Gasteiger partial charge in [0.1, 0.15) is 17.0 Å². The lowest BCUT2D eigenvalue weighted by molar-refractivity contribution is 0.0796. The molecule has 1 N–H and O–H groups in total. The average Bonchev–Trinajstić information content (AvgIpc) is 3.45. The summed E-state index contributed by atoms with van der Waals surface area (Å²) in [5, 5.41) is 7.19. The first-order chi connectivity index (χ1) is 16.8. The number of carbonyl (C=O) groups is 1. The summed E-state index contributed by atoms with van der Waals surface area (Å²) in [6, 6.07) is 10.8. The van der Waals surface area contributed by atoms with E-state index in [1.807, 2.05) is 37.3 Å². The molecule has 1 fully saturated rings. The molecule has 4 rings (SSSR count). The smallest absolute Gasteiger partial charge is 0.272 e. The van der Waals surface area contributed by atoms with Crippen LogP contribution in [-0.2, 0) is 7.05 Å². The monoisotopic (exact) mass is 505 g/mol. The van der Waals surface area contributed by atoms with Crippen LogP contribution in [0.15, 0.2) is 48.8 Å². The van der Waals surface area contributed by atoms with Crippen molar-refractivity contribution in [3.63, 3.8) is 0 Å². The van der Waals surface area contributed by atoms with Gasteiger partial charge in [-0.15, -0.1) is 0 Å². The van der Waals surface area contributed by atoms with E-state index in [1.165, 1.54) is 10.9 Å². The zero-order valence-electron chi connectivity index (χ0n) is 19.3. The van der Waals surface area contributed by atoms with Crippen molar-refractivity contribution in [2.24, 2.45) is 7.05 Å². The highest BCUT2D eigenvalue weighted by Gasteiger charge is 2.25. The van der Waals surface area contributed by atoms with Crippen molar-refractivity contribution < 1.29 is 23.0 Å². The maximum Gasteiger partial charge on any atom is 0.272 e. The predicted molar refractivity (Wildman–Crippen MR) is 128 cm³/mol. The zero-order chi connectivity index (χ0) is 24.9. The van der Waals surface area contributed by atoms with Gasteiger partial charge in [-0.2, -0.15) is 5.10 Å². The number of hydrogen-bond acceptors (Lipinski definition) is 6. The van der Waals surface area contributed by atoms with E-state index in [1.54, 1.807) is 19.3 Å². The lowest BCUT2D eigenvalue weighted by Gasteiger charge is -2.20. The fourth-order valence-corrected chi connectivity index (χ4v) is 4.02. The number of nitrogens with one attached hydrogen (secondary N) is 1. The van der Waals surface area contributed by atoms with Gasteiger partial charge in [0.25, 0.3) is 12.3 Å². The summed E-state index contributed by atoms with van der Waals surface area (Å²) in [6.45, 7) is 2.62. The molecule has 1 unspecified atom stereocenters. The molecule has 1 aliphatic heterocycles. The molecule has 3 aromatic rings. The Kier molecular flexibility index (Phi) is 7.70. The van der Waals surface area contributed by atoms with E-state index < -0.39 is 13.0 Å². The lowest BCUT2D eigenvalue weighted by Crippen LogP contribution is -2.26. The molecule has 1 amide bonds. The van der Waals surface area contributed by atoms with Crippen molar-refractivity contribution in [3.8, 4) is 11.6 Å². The van der Waals surface area contributed by atoms with Gasteiger partial charge in [0.2, 0.25) is 5.88 Å². The number of benzene rings is 1. The van der Waals surface area contributed by atoms with Crippen LogP contribution < -0.4 is 19.7 Å². The van der Waals surface area contributed by atoms with Crippen LogP contribution in [0, 0.1) is 0 Å². The highest BCUT2D eigenvalue weighted by molar-refractivity contribution is 6.32. The van der Waals surface area contributed by atoms with E-state index in [0.717, 1.165) is 30.0 Å². The molecule has 0 bridgehead atoms. The minimum atomic E-state index is -2.55. The summed E-state index contributed by atoms with van der Waals surface area (Å²) in [5.41, 5.74) is 2.10. The molecule has 0 radical (unpaired) electrons. The van der Waals surface area contributed by atoms with E-state index >= 15 is 0 Å². The first-order valence-corrected chi connectivity index (χ1v) is 11.5. The maximum atomic E-state index is 12.5. The van der Waals surface area contributed by atoms with E-state index in [9.17, 15) is 13.6 Å². The Bertz CT molecular complexity index is 1160. The maximum absolute atomic E-state index is 12.5. The largest absolute Gasteiger partial charge is 0.489 e. The fraction of sp³-hybridized carbons (Fsp3) is 0.375. The standard InChI is InChI=1S/C24H26ClF2N5O3/c1-15(30-24(33)20-12-29-31(2)23(20)25)16-3-5-18(6-4-16)35-19-8-10-32(13-19)17-7-9-28-22(11-17)34-14-21(26)27/h3-7,9,11-12,15,19,21H,8,10,13-14H2,1-2H3,(H,30,33)/t15-,19?/m0/s1. The Morgan fingerprint density at radius 3 is 2.74 bits per heavy atom. The number of ether oxygens (including phenoxy) is 2. The molecular formula is C24H26ClF2N5O3. The first-order valence-electron chi connectivity index (χ1n) is 11.2. The number of aryl methyl sites for hydroxylation is 1. The second-order valence-corrected chi connectivity index (χ2v) is 8.62. The molecule has 11 heteroatoms. The van der Waals surface area contributed by atoms with Gasteiger partial charge in [0.05, 0.1) is 24.3 Å². The first kappa shape index (κ1) is 24.7. The van der Waals surface area contributed by atoms with Crippen molar-refractivity contribution in [2.75, 3.05) is 24.6 Å². The number of carbonyl (C=O) groups excluding carboxylic acids is 1. The topological polar surface area (TPSA) is 81.5 Å². The molecule has 0 saturated carbocycles. The molecule has 3 heterocycles. The van der Waals surface area contributed by atoms with Gasteiger partial charge < -0.3 is 19.7 Å². The van der Waals surface area contributed by atoms with Crippen molar-refractivity contribution in [3.05, 3.63) is 65.1 Å². The zero-order valence-corrected chi connectivity index (χ0v) is 20.1. The third-order valence-corrected chi connectivity index (χ3v) is 6.18. The quantitative estimate of drug-likeness (QED) is 0.468. The van der Waals surface area contributed by atoms with Crippen LogP contribution in [0.3, 0.4) is 0 Å². The third-order valence-electron chi connectivity index (χ3n) is 5.73. The Balaban J connectivity index is 1.30. The summed E-state index contributed by atoms with van der Waals surface area (Å²) in [7, 11) is 1.67. The average molecular weight is 506 g/mol. The van der Waals surface area contributed by atoms with Crippen LogP contribution in [0.25, 0.3) is 0 Å². The van der Waals surface area contributed by atoms with Gasteiger partial charge in [0, 0.05) is 38.0 Å². The number of hydrogen-bond donors (Lipinski definition) is 1. The van der Waals surface area contributed by atoms with Crippen molar-refractivity contribution >= 4 is 23.2 Å². The van der Waals surface area contributed by atoms with Crippen LogP contribution in [0.1, 0.15) is 35.3 Å². The highest BCUT2D eigenvalue weighted by atomic mass is 35.5. The Labute approximate surface area is 206 Å². The van der Waals surface area contributed by atoms with Crippen LogP contribution in [0.4, 0.5) is 14.5 Å². The molecule has 1 aliphatic rings. The van der Waals surface area contributed by atoms with Gasteiger partial charge in [-0.1, -0.05) is 23.7 Å². The number of amides is 1. The molecule has 2 atom stereocenters. The summed E-state index contributed by atoms with van der Waals surface area (Å²) in [6.07, 6.45) is 1.23. The summed E-state index contributed by atoms with van der Waals surface area (Å²) >= 11 is 6.10. The summed E-state index contributed by atoms with van der Waals surface area (Å²) in [4.78, 5) is 18.6. The molecule has 186 valence electrons. The molecule has 35 heavy (non-hydrogen) atoms. The molecule has 1 aromatic carbocycles. The van der Waals surface area contributed by atoms with E-state index in [2.05, 4.69) is 20.3 Å². The van der Waals surface area contributed by atoms with E-state index in [0.29, 0.717) is 12.1 Å². The minimum absolute atomic E-state index is 0.0238. The molecule has 0 aliphatic carbocycles. The van der Waals surface area contributed by atoms with Crippen molar-refractivity contribution in [1.29, 1.82) is 0 Å². The number of rotatable bonds is 9. The molecule has 8 nitrogen and oxygen atoms in total. The van der Waals surface area contributed by atoms with Crippen LogP contribution in [0.5, 0.6) is 11.6 Å². The van der Waals surface area contributed by atoms with E-state index in [-0.39, 0.29) is 29.1 Å². The summed E-state index contributed by atoms with van der Waals surface area (Å²) in [5.74, 6) is 0.612. The van der Waals surface area contributed by atoms with E-state index in [4.69, 9.17) is 21.1 Å². The van der Waals surface area contributed by atoms with Crippen molar-refractivity contribution in [2.45, 2.75) is 31.9 Å². The third kappa shape index (κ3) is 6.19. The minimum Gasteiger partial charge on any atom is -0.489 e. The molecule has 2 aromatic heterocycles. The number of anilines is 1. The Hall–Kier alpha value is -3.40. The number of alkyl halides is 2. The Morgan fingerprint density at radius 1 is 1.29 bits per heavy atom. The van der Waals surface area contributed by atoms with Gasteiger partial charge in [0.15, 0.2) is 6.61 Å². The molecule has 1 saturated heterocycles. The normalized spacial score (nSPS) is 16.4. The molecule has 0 spiro atoms. The number of pyridine rings is 1. The lowest BCUT2D eigenvalue weighted by atomic mass is 10.1. The van der Waals surface area contributed by atoms with Crippen LogP contribution >= 0.6 is 11.6 Å². The van der Waals surface area contributed by atoms with Gasteiger partial charge in [-0.25, -0.2) is 13.8 Å². The number of aromatic nitrogens is 3. The second-order valence-electron chi connectivity index (χ2n) is 8.27. The van der Waals surface area contributed by atoms with Gasteiger partial charge >= 0.3 is 0 Å². The van der Waals surface area contributed by atoms with Crippen LogP contribution in [-0.4, -0.2) is 52.9 Å². The fourth-order valence-electron chi connectivity index (χ4n) is 3.84. The number of halogens is 3. The predicted octanol–water partition coefficient (Wildman–Crippen LogP) is 4.26. The van der Waals surface area contributed by atoms with Gasteiger partial charge in [-0.05, 0) is 30.7 Å². The highest BCUT2D eigenvalue weighted by Crippen LogP contribution is 2.26. The number of nitrogens with zero attached hydrogens (tertiary/aromatic N) is 4. The second kappa shape index (κ2) is 10.9. The van der Waals surface area contributed by atoms with Crippen molar-refractivity contribution in [1.82, 2.24) is 20.1 Å². The molecular weight excluding hydrogens is 480 g/mol. The Morgan fingerprint density at radius 2 is 2.06 bits per heavy atom. The van der Waals surface area contributed by atoms with Gasteiger partial charge in [-0.3, -0.25) is 9.48 Å². The summed E-state index contributed by atoms with van der Waals surface area (Å²) < 4.78 is 37.4.